The summed E-state index contributed by atoms with van der Waals surface area (Å²) in [7, 11) is 0. The average molecular weight is 282 g/mol. The molecule has 1 saturated heterocycles. The summed E-state index contributed by atoms with van der Waals surface area (Å²) < 4.78 is 0. The number of aliphatic carboxylic acids is 1. The van der Waals surface area contributed by atoms with E-state index >= 15 is 0 Å². The monoisotopic (exact) mass is 282 g/mol. The van der Waals surface area contributed by atoms with Crippen molar-refractivity contribution in [3.8, 4) is 0 Å². The Morgan fingerprint density at radius 2 is 2.20 bits per heavy atom. The molecule has 1 amide bonds. The van der Waals surface area contributed by atoms with Crippen LogP contribution in [0.15, 0.2) is 0 Å². The van der Waals surface area contributed by atoms with Gasteiger partial charge in [-0.1, -0.05) is 19.8 Å². The molecule has 1 saturated carbocycles. The molecule has 5 heteroatoms. The third-order valence-electron chi connectivity index (χ3n) is 4.73. The quantitative estimate of drug-likeness (QED) is 0.714. The normalized spacial score (nSPS) is 33.9. The van der Waals surface area contributed by atoms with Crippen molar-refractivity contribution in [2.24, 2.45) is 11.8 Å². The molecule has 2 fully saturated rings. The van der Waals surface area contributed by atoms with Gasteiger partial charge in [0.15, 0.2) is 0 Å². The van der Waals surface area contributed by atoms with Crippen molar-refractivity contribution in [1.29, 1.82) is 0 Å². The highest BCUT2D eigenvalue weighted by Gasteiger charge is 2.43. The summed E-state index contributed by atoms with van der Waals surface area (Å²) in [6.45, 7) is 4.07. The molecule has 0 aromatic rings. The maximum absolute atomic E-state index is 12.1. The third kappa shape index (κ3) is 3.72. The largest absolute Gasteiger partial charge is 0.480 e. The summed E-state index contributed by atoms with van der Waals surface area (Å²) in [4.78, 5) is 23.7. The minimum atomic E-state index is -1.03. The molecule has 0 aromatic carbocycles. The van der Waals surface area contributed by atoms with Crippen molar-refractivity contribution in [2.75, 3.05) is 13.1 Å². The molecular weight excluding hydrogens is 256 g/mol. The van der Waals surface area contributed by atoms with Gasteiger partial charge in [-0.2, -0.15) is 0 Å². The lowest BCUT2D eigenvalue weighted by Crippen LogP contribution is -2.56. The number of rotatable bonds is 5. The van der Waals surface area contributed by atoms with Crippen LogP contribution in [0.3, 0.4) is 0 Å². The summed E-state index contributed by atoms with van der Waals surface area (Å²) in [5.74, 6) is -0.0562. The zero-order valence-corrected chi connectivity index (χ0v) is 12.3. The highest BCUT2D eigenvalue weighted by atomic mass is 16.4. The van der Waals surface area contributed by atoms with Gasteiger partial charge < -0.3 is 15.7 Å². The molecule has 1 aliphatic heterocycles. The Labute approximate surface area is 120 Å². The Bertz CT molecular complexity index is 366. The van der Waals surface area contributed by atoms with Gasteiger partial charge in [0, 0.05) is 6.42 Å². The van der Waals surface area contributed by atoms with Crippen LogP contribution >= 0.6 is 0 Å². The van der Waals surface area contributed by atoms with Crippen molar-refractivity contribution < 1.29 is 14.7 Å². The molecule has 0 radical (unpaired) electrons. The number of carbonyl (C=O) groups excluding carboxylic acids is 1. The predicted molar refractivity (Wildman–Crippen MR) is 76.4 cm³/mol. The Kier molecular flexibility index (Phi) is 5.02. The number of nitrogens with one attached hydrogen (secondary N) is 2. The fraction of sp³-hybridized carbons (Fsp3) is 0.867. The molecule has 20 heavy (non-hydrogen) atoms. The number of carboxylic acid groups (broad SMARTS) is 1. The minimum Gasteiger partial charge on any atom is -0.480 e. The van der Waals surface area contributed by atoms with Gasteiger partial charge >= 0.3 is 5.97 Å². The molecule has 5 nitrogen and oxygen atoms in total. The van der Waals surface area contributed by atoms with Crippen LogP contribution in [0, 0.1) is 11.8 Å². The van der Waals surface area contributed by atoms with Gasteiger partial charge in [0.2, 0.25) is 5.91 Å². The summed E-state index contributed by atoms with van der Waals surface area (Å²) in [6, 6.07) is 0. The predicted octanol–water partition coefficient (Wildman–Crippen LogP) is 1.53. The van der Waals surface area contributed by atoms with E-state index in [4.69, 9.17) is 0 Å². The standard InChI is InChI=1S/C15H26N2O3/c1-11-3-2-7-15(9-11,14(19)20)17-13(18)5-4-12-6-8-16-10-12/h11-12,16H,2-10H2,1H3,(H,17,18)(H,19,20). The summed E-state index contributed by atoms with van der Waals surface area (Å²) in [5, 5.41) is 15.6. The first-order chi connectivity index (χ1) is 9.52. The van der Waals surface area contributed by atoms with Crippen molar-refractivity contribution in [1.82, 2.24) is 10.6 Å². The average Bonchev–Trinajstić information content (AvgIpc) is 2.89. The fourth-order valence-corrected chi connectivity index (χ4v) is 3.54. The zero-order chi connectivity index (χ0) is 14.6. The topological polar surface area (TPSA) is 78.4 Å². The van der Waals surface area contributed by atoms with Gasteiger partial charge in [-0.05, 0) is 50.6 Å². The van der Waals surface area contributed by atoms with E-state index in [1.54, 1.807) is 0 Å². The molecule has 3 N–H and O–H groups in total. The minimum absolute atomic E-state index is 0.103. The molecule has 0 spiro atoms. The first-order valence-electron chi connectivity index (χ1n) is 7.77. The number of hydrogen-bond donors (Lipinski definition) is 3. The lowest BCUT2D eigenvalue weighted by atomic mass is 9.76. The maximum atomic E-state index is 12.1. The number of carboxylic acids is 1. The SMILES string of the molecule is CC1CCCC(NC(=O)CCC2CCNC2)(C(=O)O)C1. The van der Waals surface area contributed by atoms with Gasteiger partial charge in [0.1, 0.15) is 5.54 Å². The van der Waals surface area contributed by atoms with E-state index in [2.05, 4.69) is 17.6 Å². The van der Waals surface area contributed by atoms with E-state index in [0.717, 1.165) is 38.8 Å². The third-order valence-corrected chi connectivity index (χ3v) is 4.73. The molecule has 3 unspecified atom stereocenters. The molecule has 1 heterocycles. The Morgan fingerprint density at radius 1 is 1.40 bits per heavy atom. The molecule has 1 aliphatic carbocycles. The maximum Gasteiger partial charge on any atom is 0.329 e. The Morgan fingerprint density at radius 3 is 2.80 bits per heavy atom. The van der Waals surface area contributed by atoms with Crippen LogP contribution < -0.4 is 10.6 Å². The lowest BCUT2D eigenvalue weighted by molar-refractivity contribution is -0.150. The molecule has 2 rings (SSSR count). The van der Waals surface area contributed by atoms with Crippen molar-refractivity contribution in [3.05, 3.63) is 0 Å². The first-order valence-corrected chi connectivity index (χ1v) is 7.77. The number of hydrogen-bond acceptors (Lipinski definition) is 3. The van der Waals surface area contributed by atoms with Crippen LogP contribution in [-0.2, 0) is 9.59 Å². The van der Waals surface area contributed by atoms with Gasteiger partial charge in [0.25, 0.3) is 0 Å². The summed E-state index contributed by atoms with van der Waals surface area (Å²) in [5.41, 5.74) is -1.03. The van der Waals surface area contributed by atoms with E-state index in [0.29, 0.717) is 31.1 Å². The summed E-state index contributed by atoms with van der Waals surface area (Å²) >= 11 is 0. The molecule has 2 aliphatic rings. The molecule has 3 atom stereocenters. The van der Waals surface area contributed by atoms with Crippen molar-refractivity contribution in [2.45, 2.75) is 57.4 Å². The van der Waals surface area contributed by atoms with Crippen LogP contribution in [0.5, 0.6) is 0 Å². The number of amides is 1. The lowest BCUT2D eigenvalue weighted by Gasteiger charge is -2.37. The first kappa shape index (κ1) is 15.3. The van der Waals surface area contributed by atoms with Crippen molar-refractivity contribution >= 4 is 11.9 Å². The fourth-order valence-electron chi connectivity index (χ4n) is 3.54. The number of carbonyl (C=O) groups is 2. The highest BCUT2D eigenvalue weighted by Crippen LogP contribution is 2.32. The van der Waals surface area contributed by atoms with Crippen molar-refractivity contribution in [3.63, 3.8) is 0 Å². The van der Waals surface area contributed by atoms with Crippen LogP contribution in [0.25, 0.3) is 0 Å². The second-order valence-corrected chi connectivity index (χ2v) is 6.53. The van der Waals surface area contributed by atoms with Crippen LogP contribution in [0.2, 0.25) is 0 Å². The zero-order valence-electron chi connectivity index (χ0n) is 12.3. The molecule has 0 bridgehead atoms. The second-order valence-electron chi connectivity index (χ2n) is 6.53. The van der Waals surface area contributed by atoms with E-state index < -0.39 is 11.5 Å². The Balaban J connectivity index is 1.87. The highest BCUT2D eigenvalue weighted by molar-refractivity contribution is 5.87. The van der Waals surface area contributed by atoms with E-state index in [-0.39, 0.29) is 5.91 Å². The van der Waals surface area contributed by atoms with Crippen LogP contribution in [0.4, 0.5) is 0 Å². The Hall–Kier alpha value is -1.10. The second kappa shape index (κ2) is 6.57. The molecular formula is C15H26N2O3. The van der Waals surface area contributed by atoms with Gasteiger partial charge in [-0.25, -0.2) is 4.79 Å². The molecule has 0 aromatic heterocycles. The van der Waals surface area contributed by atoms with Gasteiger partial charge in [-0.15, -0.1) is 0 Å². The molecule has 114 valence electrons. The van der Waals surface area contributed by atoms with E-state index in [1.165, 1.54) is 0 Å². The van der Waals surface area contributed by atoms with E-state index in [9.17, 15) is 14.7 Å². The van der Waals surface area contributed by atoms with Crippen LogP contribution in [-0.4, -0.2) is 35.6 Å². The van der Waals surface area contributed by atoms with E-state index in [1.807, 2.05) is 0 Å². The summed E-state index contributed by atoms with van der Waals surface area (Å²) in [6.07, 6.45) is 5.45. The smallest absolute Gasteiger partial charge is 0.329 e. The van der Waals surface area contributed by atoms with Crippen LogP contribution in [0.1, 0.15) is 51.9 Å². The van der Waals surface area contributed by atoms with Gasteiger partial charge in [0.05, 0.1) is 0 Å². The van der Waals surface area contributed by atoms with Gasteiger partial charge in [-0.3, -0.25) is 4.79 Å².